The summed E-state index contributed by atoms with van der Waals surface area (Å²) in [6.07, 6.45) is 4.03. The van der Waals surface area contributed by atoms with Crippen molar-refractivity contribution >= 4 is 29.3 Å². The molecule has 1 heterocycles. The number of rotatable bonds is 3. The molecule has 0 aliphatic heterocycles. The molecule has 0 spiro atoms. The fraction of sp³-hybridized carbons (Fsp3) is 0.500. The van der Waals surface area contributed by atoms with Crippen LogP contribution in [0.15, 0.2) is 5.03 Å². The quantitative estimate of drug-likeness (QED) is 0.474. The Morgan fingerprint density at radius 1 is 1.50 bits per heavy atom. The number of thioether (sulfide) groups is 1. The lowest BCUT2D eigenvalue weighted by molar-refractivity contribution is 0.0593. The molecule has 0 unspecified atom stereocenters. The Hall–Kier alpha value is -0.810. The highest BCUT2D eigenvalue weighted by Crippen LogP contribution is 2.39. The van der Waals surface area contributed by atoms with E-state index in [4.69, 9.17) is 11.6 Å². The number of hydrogen-bond donors (Lipinski definition) is 0. The normalized spacial score (nSPS) is 14.9. The largest absolute Gasteiger partial charge is 0.464 e. The van der Waals surface area contributed by atoms with E-state index in [1.165, 1.54) is 18.9 Å². The van der Waals surface area contributed by atoms with Crippen molar-refractivity contribution in [2.45, 2.75) is 23.8 Å². The van der Waals surface area contributed by atoms with Gasteiger partial charge in [-0.25, -0.2) is 14.8 Å². The minimum atomic E-state index is -0.510. The highest BCUT2D eigenvalue weighted by atomic mass is 35.5. The predicted octanol–water partition coefficient (Wildman–Crippen LogP) is 2.52. The molecule has 0 atom stereocenters. The van der Waals surface area contributed by atoms with E-state index in [0.29, 0.717) is 16.8 Å². The van der Waals surface area contributed by atoms with E-state index >= 15 is 0 Å². The summed E-state index contributed by atoms with van der Waals surface area (Å²) in [5, 5.41) is 0.919. The van der Waals surface area contributed by atoms with Gasteiger partial charge in [0.15, 0.2) is 5.69 Å². The molecular weight excluding hydrogens is 248 g/mol. The molecule has 1 aliphatic rings. The molecule has 0 saturated heterocycles. The second kappa shape index (κ2) is 4.59. The average molecular weight is 259 g/mol. The predicted molar refractivity (Wildman–Crippen MR) is 62.1 cm³/mol. The van der Waals surface area contributed by atoms with Gasteiger partial charge >= 0.3 is 5.97 Å². The van der Waals surface area contributed by atoms with Crippen molar-refractivity contribution in [2.75, 3.05) is 13.4 Å². The van der Waals surface area contributed by atoms with Crippen LogP contribution in [0.4, 0.5) is 0 Å². The minimum Gasteiger partial charge on any atom is -0.464 e. The SMILES string of the molecule is COC(=O)c1nc(C2CC2)nc(SC)c1Cl. The topological polar surface area (TPSA) is 52.1 Å². The third-order valence-corrected chi connectivity index (χ3v) is 3.50. The molecule has 0 amide bonds. The smallest absolute Gasteiger partial charge is 0.358 e. The molecule has 16 heavy (non-hydrogen) atoms. The summed E-state index contributed by atoms with van der Waals surface area (Å²) >= 11 is 7.44. The molecule has 1 aromatic rings. The van der Waals surface area contributed by atoms with Crippen LogP contribution in [0.2, 0.25) is 5.02 Å². The van der Waals surface area contributed by atoms with Gasteiger partial charge in [0.1, 0.15) is 15.9 Å². The molecule has 86 valence electrons. The zero-order chi connectivity index (χ0) is 11.7. The molecule has 0 aromatic carbocycles. The maximum absolute atomic E-state index is 11.5. The number of carbonyl (C=O) groups is 1. The molecule has 1 aromatic heterocycles. The molecule has 1 aliphatic carbocycles. The maximum Gasteiger partial charge on any atom is 0.358 e. The summed E-state index contributed by atoms with van der Waals surface area (Å²) in [4.78, 5) is 20.0. The molecule has 0 N–H and O–H groups in total. The first-order chi connectivity index (χ1) is 7.67. The number of hydrogen-bond acceptors (Lipinski definition) is 5. The van der Waals surface area contributed by atoms with Gasteiger partial charge in [-0.15, -0.1) is 11.8 Å². The van der Waals surface area contributed by atoms with E-state index in [-0.39, 0.29) is 10.7 Å². The molecule has 0 bridgehead atoms. The average Bonchev–Trinajstić information content (AvgIpc) is 3.12. The third-order valence-electron chi connectivity index (χ3n) is 2.35. The first-order valence-electron chi connectivity index (χ1n) is 4.87. The van der Waals surface area contributed by atoms with Crippen LogP contribution in [-0.2, 0) is 4.74 Å². The zero-order valence-corrected chi connectivity index (χ0v) is 10.6. The van der Waals surface area contributed by atoms with Crippen LogP contribution < -0.4 is 0 Å². The second-order valence-electron chi connectivity index (χ2n) is 3.52. The first kappa shape index (κ1) is 11.7. The van der Waals surface area contributed by atoms with Gasteiger partial charge in [-0.3, -0.25) is 0 Å². The van der Waals surface area contributed by atoms with E-state index in [2.05, 4.69) is 14.7 Å². The molecule has 1 fully saturated rings. The lowest BCUT2D eigenvalue weighted by atomic mass is 10.3. The van der Waals surface area contributed by atoms with Gasteiger partial charge in [-0.05, 0) is 19.1 Å². The van der Waals surface area contributed by atoms with Crippen molar-refractivity contribution in [1.29, 1.82) is 0 Å². The summed E-state index contributed by atoms with van der Waals surface area (Å²) in [7, 11) is 1.32. The molecule has 1 saturated carbocycles. The van der Waals surface area contributed by atoms with Crippen LogP contribution in [0.25, 0.3) is 0 Å². The van der Waals surface area contributed by atoms with Crippen molar-refractivity contribution in [2.24, 2.45) is 0 Å². The van der Waals surface area contributed by atoms with Crippen LogP contribution in [-0.4, -0.2) is 29.3 Å². The van der Waals surface area contributed by atoms with Crippen LogP contribution in [0.1, 0.15) is 35.1 Å². The summed E-state index contributed by atoms with van der Waals surface area (Å²) in [5.41, 5.74) is 0.172. The van der Waals surface area contributed by atoms with Gasteiger partial charge in [-0.2, -0.15) is 0 Å². The minimum absolute atomic E-state index is 0.172. The fourth-order valence-corrected chi connectivity index (χ4v) is 2.19. The summed E-state index contributed by atoms with van der Waals surface area (Å²) in [6.45, 7) is 0. The number of nitrogens with zero attached hydrogens (tertiary/aromatic N) is 2. The maximum atomic E-state index is 11.5. The van der Waals surface area contributed by atoms with Crippen molar-refractivity contribution in [3.63, 3.8) is 0 Å². The first-order valence-corrected chi connectivity index (χ1v) is 6.47. The number of halogens is 1. The third kappa shape index (κ3) is 2.15. The van der Waals surface area contributed by atoms with E-state index in [0.717, 1.165) is 12.8 Å². The number of ether oxygens (including phenoxy) is 1. The Labute approximate surface area is 103 Å². The van der Waals surface area contributed by atoms with Gasteiger partial charge in [0.05, 0.1) is 7.11 Å². The van der Waals surface area contributed by atoms with Crippen molar-refractivity contribution < 1.29 is 9.53 Å². The van der Waals surface area contributed by atoms with Gasteiger partial charge < -0.3 is 4.74 Å². The Morgan fingerprint density at radius 3 is 2.69 bits per heavy atom. The standard InChI is InChI=1S/C10H11ClN2O2S/c1-15-10(14)7-6(11)9(16-2)13-8(12-7)5-3-4-5/h5H,3-4H2,1-2H3. The van der Waals surface area contributed by atoms with Crippen LogP contribution in [0.5, 0.6) is 0 Å². The molecule has 4 nitrogen and oxygen atoms in total. The van der Waals surface area contributed by atoms with E-state index in [9.17, 15) is 4.79 Å². The lowest BCUT2D eigenvalue weighted by Gasteiger charge is -2.07. The fourth-order valence-electron chi connectivity index (χ4n) is 1.33. The molecule has 6 heteroatoms. The van der Waals surface area contributed by atoms with Gasteiger partial charge in [0.25, 0.3) is 0 Å². The van der Waals surface area contributed by atoms with E-state index < -0.39 is 5.97 Å². The second-order valence-corrected chi connectivity index (χ2v) is 4.69. The Kier molecular flexibility index (Phi) is 3.35. The molecule has 2 rings (SSSR count). The van der Waals surface area contributed by atoms with Crippen LogP contribution >= 0.6 is 23.4 Å². The van der Waals surface area contributed by atoms with Crippen LogP contribution in [0, 0.1) is 0 Å². The van der Waals surface area contributed by atoms with Crippen molar-refractivity contribution in [1.82, 2.24) is 9.97 Å². The number of carbonyl (C=O) groups excluding carboxylic acids is 1. The summed E-state index contributed by atoms with van der Waals surface area (Å²) < 4.78 is 4.65. The van der Waals surface area contributed by atoms with Crippen molar-refractivity contribution in [3.05, 3.63) is 16.5 Å². The van der Waals surface area contributed by atoms with E-state index in [1.807, 2.05) is 6.26 Å². The summed E-state index contributed by atoms with van der Waals surface area (Å²) in [6, 6.07) is 0. The number of esters is 1. The number of aromatic nitrogens is 2. The lowest BCUT2D eigenvalue weighted by Crippen LogP contribution is -2.09. The summed E-state index contributed by atoms with van der Waals surface area (Å²) in [5.74, 6) is 0.574. The van der Waals surface area contributed by atoms with Gasteiger partial charge in [0.2, 0.25) is 0 Å². The van der Waals surface area contributed by atoms with Gasteiger partial charge in [0, 0.05) is 5.92 Å². The van der Waals surface area contributed by atoms with Gasteiger partial charge in [-0.1, -0.05) is 11.6 Å². The Morgan fingerprint density at radius 2 is 2.19 bits per heavy atom. The highest BCUT2D eigenvalue weighted by Gasteiger charge is 2.29. The van der Waals surface area contributed by atoms with Crippen molar-refractivity contribution in [3.8, 4) is 0 Å². The Bertz CT molecular complexity index is 435. The monoisotopic (exact) mass is 258 g/mol. The molecular formula is C10H11ClN2O2S. The Balaban J connectivity index is 2.48. The highest BCUT2D eigenvalue weighted by molar-refractivity contribution is 7.98. The van der Waals surface area contributed by atoms with Crippen LogP contribution in [0.3, 0.4) is 0 Å². The number of methoxy groups -OCH3 is 1. The molecule has 0 radical (unpaired) electrons. The van der Waals surface area contributed by atoms with E-state index in [1.54, 1.807) is 0 Å². The zero-order valence-electron chi connectivity index (χ0n) is 8.99.